The first-order valence-corrected chi connectivity index (χ1v) is 8.95. The summed E-state index contributed by atoms with van der Waals surface area (Å²) in [7, 11) is 0. The maximum Gasteiger partial charge on any atom is 0.254 e. The minimum atomic E-state index is -0.701. The first kappa shape index (κ1) is 13.7. The van der Waals surface area contributed by atoms with Gasteiger partial charge in [0.1, 0.15) is 12.4 Å². The van der Waals surface area contributed by atoms with Crippen LogP contribution in [0.2, 0.25) is 0 Å². The number of para-hydroxylation sites is 2. The lowest BCUT2D eigenvalue weighted by molar-refractivity contribution is -0.123. The molecule has 2 aromatic carbocycles. The van der Waals surface area contributed by atoms with Gasteiger partial charge in [-0.2, -0.15) is 0 Å². The Bertz CT molecular complexity index is 964. The standard InChI is InChI=1S/C21H18N2O2/c24-20-21(15-7-2-3-8-16(15)22-20)19-13-6-1-4-10-18(13)25-12-14(19)17-9-5-11-23(17)21/h1-4,6-8,10,17H,5,9,11-12H2,(H,22,24). The lowest BCUT2D eigenvalue weighted by Gasteiger charge is -2.36. The van der Waals surface area contributed by atoms with Crippen molar-refractivity contribution in [2.45, 2.75) is 24.4 Å². The van der Waals surface area contributed by atoms with Crippen molar-refractivity contribution < 1.29 is 9.53 Å². The second-order valence-electron chi connectivity index (χ2n) is 7.25. The third-order valence-corrected chi connectivity index (χ3v) is 6.20. The lowest BCUT2D eigenvalue weighted by atomic mass is 9.78. The monoisotopic (exact) mass is 330 g/mol. The number of benzene rings is 2. The summed E-state index contributed by atoms with van der Waals surface area (Å²) < 4.78 is 6.06. The van der Waals surface area contributed by atoms with Gasteiger partial charge in [0, 0.05) is 35.0 Å². The van der Waals surface area contributed by atoms with Crippen molar-refractivity contribution in [3.05, 3.63) is 65.2 Å². The SMILES string of the molecule is O=C1Nc2ccccc2C12C1=C(COc3ccccc31)C1CCCN12. The molecular formula is C21H18N2O2. The van der Waals surface area contributed by atoms with Gasteiger partial charge in [-0.1, -0.05) is 36.4 Å². The average molecular weight is 330 g/mol. The fraction of sp³-hybridized carbons (Fsp3) is 0.286. The molecule has 0 radical (unpaired) electrons. The number of hydrogen-bond acceptors (Lipinski definition) is 3. The molecule has 124 valence electrons. The second kappa shape index (κ2) is 4.52. The predicted molar refractivity (Wildman–Crippen MR) is 95.3 cm³/mol. The Morgan fingerprint density at radius 2 is 1.96 bits per heavy atom. The Kier molecular flexibility index (Phi) is 2.47. The number of fused-ring (bicyclic) bond motifs is 8. The van der Waals surface area contributed by atoms with Crippen LogP contribution in [0, 0.1) is 0 Å². The van der Waals surface area contributed by atoms with Crippen LogP contribution in [0.25, 0.3) is 5.57 Å². The van der Waals surface area contributed by atoms with Crippen LogP contribution in [0.3, 0.4) is 0 Å². The van der Waals surface area contributed by atoms with Gasteiger partial charge in [0.25, 0.3) is 5.91 Å². The number of amides is 1. The predicted octanol–water partition coefficient (Wildman–Crippen LogP) is 3.16. The Morgan fingerprint density at radius 3 is 2.92 bits per heavy atom. The molecule has 4 aliphatic rings. The van der Waals surface area contributed by atoms with Crippen LogP contribution >= 0.6 is 0 Å². The Balaban J connectivity index is 1.71. The van der Waals surface area contributed by atoms with Crippen LogP contribution in [0.4, 0.5) is 5.69 Å². The largest absolute Gasteiger partial charge is 0.489 e. The normalized spacial score (nSPS) is 29.1. The zero-order chi connectivity index (χ0) is 16.6. The third-order valence-electron chi connectivity index (χ3n) is 6.20. The molecule has 1 fully saturated rings. The van der Waals surface area contributed by atoms with E-state index in [9.17, 15) is 4.79 Å². The molecular weight excluding hydrogens is 312 g/mol. The van der Waals surface area contributed by atoms with Crippen molar-refractivity contribution in [3.8, 4) is 5.75 Å². The molecule has 0 aromatic heterocycles. The Morgan fingerprint density at radius 1 is 1.12 bits per heavy atom. The van der Waals surface area contributed by atoms with E-state index in [2.05, 4.69) is 22.3 Å². The maximum absolute atomic E-state index is 13.4. The van der Waals surface area contributed by atoms with Gasteiger partial charge in [0.05, 0.1) is 0 Å². The molecule has 1 N–H and O–H groups in total. The maximum atomic E-state index is 13.4. The molecule has 2 aromatic rings. The highest BCUT2D eigenvalue weighted by molar-refractivity contribution is 6.16. The van der Waals surface area contributed by atoms with Crippen LogP contribution in [0.5, 0.6) is 5.75 Å². The van der Waals surface area contributed by atoms with Crippen LogP contribution in [0.15, 0.2) is 54.1 Å². The van der Waals surface area contributed by atoms with Crippen molar-refractivity contribution >= 4 is 17.2 Å². The summed E-state index contributed by atoms with van der Waals surface area (Å²) in [5, 5.41) is 3.15. The van der Waals surface area contributed by atoms with Crippen LogP contribution in [-0.4, -0.2) is 30.0 Å². The zero-order valence-corrected chi connectivity index (χ0v) is 13.8. The Hall–Kier alpha value is -2.59. The summed E-state index contributed by atoms with van der Waals surface area (Å²) in [6.45, 7) is 1.53. The van der Waals surface area contributed by atoms with Gasteiger partial charge in [0.15, 0.2) is 5.54 Å². The number of nitrogens with one attached hydrogen (secondary N) is 1. The van der Waals surface area contributed by atoms with E-state index in [0.29, 0.717) is 12.6 Å². The molecule has 4 heteroatoms. The average Bonchev–Trinajstić information content (AvgIpc) is 3.30. The number of hydrogen-bond donors (Lipinski definition) is 1. The summed E-state index contributed by atoms with van der Waals surface area (Å²) in [5.74, 6) is 0.973. The van der Waals surface area contributed by atoms with Crippen LogP contribution < -0.4 is 10.1 Å². The minimum Gasteiger partial charge on any atom is -0.489 e. The quantitative estimate of drug-likeness (QED) is 0.807. The van der Waals surface area contributed by atoms with Gasteiger partial charge >= 0.3 is 0 Å². The van der Waals surface area contributed by atoms with Gasteiger partial charge < -0.3 is 10.1 Å². The van der Waals surface area contributed by atoms with Gasteiger partial charge in [0.2, 0.25) is 0 Å². The summed E-state index contributed by atoms with van der Waals surface area (Å²) >= 11 is 0. The molecule has 1 amide bonds. The Labute approximate surface area is 146 Å². The molecule has 0 aliphatic carbocycles. The van der Waals surface area contributed by atoms with E-state index in [4.69, 9.17) is 4.74 Å². The molecule has 4 aliphatic heterocycles. The van der Waals surface area contributed by atoms with E-state index >= 15 is 0 Å². The number of nitrogens with zero attached hydrogens (tertiary/aromatic N) is 1. The summed E-state index contributed by atoms with van der Waals surface area (Å²) in [6.07, 6.45) is 2.22. The van der Waals surface area contributed by atoms with Gasteiger partial charge in [-0.3, -0.25) is 9.69 Å². The second-order valence-corrected chi connectivity index (χ2v) is 7.25. The number of rotatable bonds is 0. The molecule has 4 nitrogen and oxygen atoms in total. The molecule has 2 unspecified atom stereocenters. The van der Waals surface area contributed by atoms with Crippen LogP contribution in [0.1, 0.15) is 24.0 Å². The molecule has 1 spiro atoms. The fourth-order valence-electron chi connectivity index (χ4n) is 5.34. The zero-order valence-electron chi connectivity index (χ0n) is 13.8. The molecule has 0 bridgehead atoms. The van der Waals surface area contributed by atoms with Gasteiger partial charge in [-0.15, -0.1) is 0 Å². The van der Waals surface area contributed by atoms with E-state index in [-0.39, 0.29) is 5.91 Å². The van der Waals surface area contributed by atoms with Crippen molar-refractivity contribution in [1.82, 2.24) is 4.90 Å². The molecule has 0 saturated carbocycles. The van der Waals surface area contributed by atoms with Crippen LogP contribution in [-0.2, 0) is 10.3 Å². The third kappa shape index (κ3) is 1.46. The molecule has 25 heavy (non-hydrogen) atoms. The van der Waals surface area contributed by atoms with Crippen molar-refractivity contribution in [1.29, 1.82) is 0 Å². The number of carbonyl (C=O) groups excluding carboxylic acids is 1. The molecule has 1 saturated heterocycles. The van der Waals surface area contributed by atoms with E-state index in [1.54, 1.807) is 0 Å². The summed E-state index contributed by atoms with van der Waals surface area (Å²) in [5.41, 5.74) is 4.87. The minimum absolute atomic E-state index is 0.0855. The lowest BCUT2D eigenvalue weighted by Crippen LogP contribution is -2.49. The van der Waals surface area contributed by atoms with Crippen molar-refractivity contribution in [2.75, 3.05) is 18.5 Å². The topological polar surface area (TPSA) is 41.6 Å². The number of anilines is 1. The van der Waals surface area contributed by atoms with Crippen molar-refractivity contribution in [2.24, 2.45) is 0 Å². The van der Waals surface area contributed by atoms with E-state index in [1.165, 1.54) is 11.1 Å². The van der Waals surface area contributed by atoms with Gasteiger partial charge in [-0.05, 0) is 30.5 Å². The smallest absolute Gasteiger partial charge is 0.254 e. The van der Waals surface area contributed by atoms with Crippen molar-refractivity contribution in [3.63, 3.8) is 0 Å². The van der Waals surface area contributed by atoms with E-state index in [1.807, 2.05) is 36.4 Å². The summed E-state index contributed by atoms with van der Waals surface area (Å²) in [4.78, 5) is 15.9. The van der Waals surface area contributed by atoms with E-state index < -0.39 is 5.54 Å². The first-order chi connectivity index (χ1) is 12.3. The highest BCUT2D eigenvalue weighted by Gasteiger charge is 2.63. The number of ether oxygens (including phenoxy) is 1. The van der Waals surface area contributed by atoms with E-state index in [0.717, 1.165) is 42.0 Å². The molecule has 4 heterocycles. The van der Waals surface area contributed by atoms with Gasteiger partial charge in [-0.25, -0.2) is 0 Å². The first-order valence-electron chi connectivity index (χ1n) is 8.95. The molecule has 6 rings (SSSR count). The number of carbonyl (C=O) groups is 1. The molecule has 2 atom stereocenters. The highest BCUT2D eigenvalue weighted by atomic mass is 16.5. The highest BCUT2D eigenvalue weighted by Crippen LogP contribution is 2.60. The summed E-state index contributed by atoms with van der Waals surface area (Å²) in [6, 6.07) is 16.6. The fourth-order valence-corrected chi connectivity index (χ4v) is 5.34.